The van der Waals surface area contributed by atoms with Gasteiger partial charge in [0.2, 0.25) is 0 Å². The van der Waals surface area contributed by atoms with E-state index in [-0.39, 0.29) is 5.52 Å². The molecule has 0 saturated heterocycles. The van der Waals surface area contributed by atoms with Crippen LogP contribution in [0.1, 0.15) is 6.92 Å². The Bertz CT molecular complexity index is 42.9. The van der Waals surface area contributed by atoms with E-state index >= 15 is 0 Å². The molecule has 0 aliphatic rings. The molecule has 0 heterocycles. The Morgan fingerprint density at radius 3 is 2.20 bits per heavy atom. The van der Waals surface area contributed by atoms with Crippen molar-refractivity contribution in [1.29, 1.82) is 0 Å². The third-order valence-corrected chi connectivity index (χ3v) is 0.472. The first-order valence-corrected chi connectivity index (χ1v) is 2.12. The lowest BCUT2D eigenvalue weighted by Crippen LogP contribution is -1.69. The van der Waals surface area contributed by atoms with Crippen molar-refractivity contribution in [2.45, 2.75) is 6.92 Å². The fourth-order valence-corrected chi connectivity index (χ4v) is 0. The summed E-state index contributed by atoms with van der Waals surface area (Å²) in [6, 6.07) is 0. The van der Waals surface area contributed by atoms with Gasteiger partial charge >= 0.3 is 0 Å². The number of hydrogen-bond donors (Lipinski definition) is 1. The third-order valence-electron chi connectivity index (χ3n) is 0.157. The quantitative estimate of drug-likeness (QED) is 0.466. The standard InChI is InChI=1S/C2H5O2P/c1-2(3)5-4/h4-5H,1H3. The molecule has 0 spiro atoms. The van der Waals surface area contributed by atoms with E-state index in [2.05, 4.69) is 0 Å². The summed E-state index contributed by atoms with van der Waals surface area (Å²) in [5.74, 6) is 0. The molecule has 0 rings (SSSR count). The van der Waals surface area contributed by atoms with E-state index < -0.39 is 8.81 Å². The van der Waals surface area contributed by atoms with Gasteiger partial charge in [-0.3, -0.25) is 4.79 Å². The van der Waals surface area contributed by atoms with Crippen LogP contribution in [0.5, 0.6) is 0 Å². The first-order valence-electron chi connectivity index (χ1n) is 1.18. The van der Waals surface area contributed by atoms with Crippen LogP contribution in [0.2, 0.25) is 0 Å². The first kappa shape index (κ1) is 5.06. The zero-order valence-electron chi connectivity index (χ0n) is 2.86. The normalized spacial score (nSPS) is 10.0. The Hall–Kier alpha value is 0.0600. The Balaban J connectivity index is 2.85. The van der Waals surface area contributed by atoms with Crippen molar-refractivity contribution in [1.82, 2.24) is 0 Å². The molecule has 0 aromatic heterocycles. The molecule has 0 aromatic rings. The average molecular weight is 92.0 g/mol. The Kier molecular flexibility index (Phi) is 2.33. The second-order valence-corrected chi connectivity index (χ2v) is 1.60. The lowest BCUT2D eigenvalue weighted by atomic mass is 10.9. The second kappa shape index (κ2) is 2.31. The predicted molar refractivity (Wildman–Crippen MR) is 21.2 cm³/mol. The topological polar surface area (TPSA) is 37.3 Å². The van der Waals surface area contributed by atoms with Crippen LogP contribution < -0.4 is 0 Å². The molecule has 0 aliphatic carbocycles. The maximum atomic E-state index is 9.57. The average Bonchev–Trinajstić information content (AvgIpc) is 1.38. The highest BCUT2D eigenvalue weighted by molar-refractivity contribution is 7.52. The van der Waals surface area contributed by atoms with Gasteiger partial charge in [0.25, 0.3) is 0 Å². The summed E-state index contributed by atoms with van der Waals surface area (Å²) in [7, 11) is -0.525. The van der Waals surface area contributed by atoms with E-state index in [4.69, 9.17) is 4.89 Å². The molecule has 0 aliphatic heterocycles. The van der Waals surface area contributed by atoms with Crippen molar-refractivity contribution in [3.8, 4) is 0 Å². The fourth-order valence-electron chi connectivity index (χ4n) is 0. The Morgan fingerprint density at radius 2 is 2.20 bits per heavy atom. The van der Waals surface area contributed by atoms with E-state index in [1.54, 1.807) is 0 Å². The molecule has 1 atom stereocenters. The van der Waals surface area contributed by atoms with Crippen LogP contribution in [0.15, 0.2) is 0 Å². The Morgan fingerprint density at radius 1 is 2.00 bits per heavy atom. The van der Waals surface area contributed by atoms with Gasteiger partial charge in [0, 0.05) is 6.92 Å². The summed E-state index contributed by atoms with van der Waals surface area (Å²) in [5, 5.41) is 0. The van der Waals surface area contributed by atoms with Crippen LogP contribution in [-0.4, -0.2) is 10.4 Å². The third kappa shape index (κ3) is 4.06. The van der Waals surface area contributed by atoms with Crippen LogP contribution >= 0.6 is 8.81 Å². The smallest absolute Gasteiger partial charge is 0.175 e. The van der Waals surface area contributed by atoms with E-state index in [0.29, 0.717) is 0 Å². The fraction of sp³-hybridized carbons (Fsp3) is 0.500. The van der Waals surface area contributed by atoms with Crippen molar-refractivity contribution < 1.29 is 9.69 Å². The van der Waals surface area contributed by atoms with Gasteiger partial charge in [-0.2, -0.15) is 0 Å². The van der Waals surface area contributed by atoms with Gasteiger partial charge in [0.05, 0.1) is 8.81 Å². The molecule has 5 heavy (non-hydrogen) atoms. The van der Waals surface area contributed by atoms with E-state index in [1.165, 1.54) is 6.92 Å². The molecule has 0 amide bonds. The highest BCUT2D eigenvalue weighted by Crippen LogP contribution is 1.98. The molecule has 0 bridgehead atoms. The monoisotopic (exact) mass is 92.0 g/mol. The van der Waals surface area contributed by atoms with Crippen LogP contribution in [0, 0.1) is 0 Å². The summed E-state index contributed by atoms with van der Waals surface area (Å²) in [6.07, 6.45) is 0. The first-order chi connectivity index (χ1) is 2.27. The van der Waals surface area contributed by atoms with Crippen molar-refractivity contribution >= 4 is 14.3 Å². The summed E-state index contributed by atoms with van der Waals surface area (Å²) < 4.78 is 0. The molecule has 30 valence electrons. The minimum absolute atomic E-state index is 0.162. The maximum Gasteiger partial charge on any atom is 0.175 e. The molecule has 3 heteroatoms. The van der Waals surface area contributed by atoms with Crippen molar-refractivity contribution in [3.05, 3.63) is 0 Å². The van der Waals surface area contributed by atoms with Gasteiger partial charge in [-0.1, -0.05) is 0 Å². The summed E-state index contributed by atoms with van der Waals surface area (Å²) in [6.45, 7) is 1.35. The largest absolute Gasteiger partial charge is 0.369 e. The maximum absolute atomic E-state index is 9.57. The van der Waals surface area contributed by atoms with E-state index in [0.717, 1.165) is 0 Å². The summed E-state index contributed by atoms with van der Waals surface area (Å²) >= 11 is 0. The highest BCUT2D eigenvalue weighted by Gasteiger charge is 1.79. The number of hydrogen-bond acceptors (Lipinski definition) is 2. The van der Waals surface area contributed by atoms with Crippen LogP contribution in [-0.2, 0) is 4.79 Å². The van der Waals surface area contributed by atoms with Crippen LogP contribution in [0.3, 0.4) is 0 Å². The molecular formula is C2H5O2P. The zero-order chi connectivity index (χ0) is 4.28. The molecule has 2 nitrogen and oxygen atoms in total. The molecule has 0 radical (unpaired) electrons. The summed E-state index contributed by atoms with van der Waals surface area (Å²) in [5.41, 5.74) is -0.162. The minimum atomic E-state index is -0.525. The van der Waals surface area contributed by atoms with Crippen LogP contribution in [0.4, 0.5) is 0 Å². The highest BCUT2D eigenvalue weighted by atomic mass is 31.1. The summed E-state index contributed by atoms with van der Waals surface area (Å²) in [4.78, 5) is 17.4. The molecule has 1 N–H and O–H groups in total. The molecule has 0 fully saturated rings. The van der Waals surface area contributed by atoms with Gasteiger partial charge in [-0.25, -0.2) is 0 Å². The van der Waals surface area contributed by atoms with E-state index in [9.17, 15) is 4.79 Å². The van der Waals surface area contributed by atoms with Gasteiger partial charge in [-0.15, -0.1) is 0 Å². The van der Waals surface area contributed by atoms with Gasteiger partial charge in [-0.05, 0) is 0 Å². The predicted octanol–water partition coefficient (Wildman–Crippen LogP) is 0.119. The number of rotatable bonds is 1. The molecule has 1 unspecified atom stereocenters. The van der Waals surface area contributed by atoms with Crippen molar-refractivity contribution in [2.75, 3.05) is 0 Å². The molecular weight excluding hydrogens is 87.0 g/mol. The SMILES string of the molecule is CC(=O)PO. The van der Waals surface area contributed by atoms with Crippen molar-refractivity contribution in [3.63, 3.8) is 0 Å². The lowest BCUT2D eigenvalue weighted by Gasteiger charge is -1.71. The number of carbonyl (C=O) groups is 1. The Labute approximate surface area is 32.1 Å². The van der Waals surface area contributed by atoms with Gasteiger partial charge in [0.1, 0.15) is 0 Å². The number of carbonyl (C=O) groups excluding carboxylic acids is 1. The van der Waals surface area contributed by atoms with E-state index in [1.807, 2.05) is 0 Å². The van der Waals surface area contributed by atoms with Gasteiger partial charge in [0.15, 0.2) is 5.52 Å². The van der Waals surface area contributed by atoms with Crippen LogP contribution in [0.25, 0.3) is 0 Å². The zero-order valence-corrected chi connectivity index (χ0v) is 3.86. The van der Waals surface area contributed by atoms with Crippen molar-refractivity contribution in [2.24, 2.45) is 0 Å². The second-order valence-electron chi connectivity index (χ2n) is 0.668. The van der Waals surface area contributed by atoms with Gasteiger partial charge < -0.3 is 4.89 Å². The molecule has 0 saturated carbocycles. The minimum Gasteiger partial charge on any atom is -0.369 e. The molecule has 0 aromatic carbocycles. The lowest BCUT2D eigenvalue weighted by molar-refractivity contribution is -0.109.